The molecule has 33 heavy (non-hydrogen) atoms. The fourth-order valence-corrected chi connectivity index (χ4v) is 5.42. The second kappa shape index (κ2) is 8.86. The van der Waals surface area contributed by atoms with Gasteiger partial charge in [0, 0.05) is 23.9 Å². The van der Waals surface area contributed by atoms with Crippen LogP contribution in [0.3, 0.4) is 0 Å². The molecule has 0 bridgehead atoms. The summed E-state index contributed by atoms with van der Waals surface area (Å²) in [6.07, 6.45) is 5.32. The van der Waals surface area contributed by atoms with E-state index in [9.17, 15) is 9.18 Å². The summed E-state index contributed by atoms with van der Waals surface area (Å²) < 4.78 is 20.2. The van der Waals surface area contributed by atoms with E-state index in [0.29, 0.717) is 12.1 Å². The summed E-state index contributed by atoms with van der Waals surface area (Å²) in [5, 5.41) is 0. The van der Waals surface area contributed by atoms with Gasteiger partial charge >= 0.3 is 0 Å². The molecule has 3 aromatic carbocycles. The highest BCUT2D eigenvalue weighted by molar-refractivity contribution is 5.83. The van der Waals surface area contributed by atoms with Gasteiger partial charge in [0.2, 0.25) is 5.91 Å². The first-order chi connectivity index (χ1) is 16.1. The first-order valence-electron chi connectivity index (χ1n) is 11.5. The van der Waals surface area contributed by atoms with Gasteiger partial charge in [-0.2, -0.15) is 0 Å². The Bertz CT molecular complexity index is 1170. The molecular formula is C29H28FNO2. The average Bonchev–Trinajstić information content (AvgIpc) is 3.12. The van der Waals surface area contributed by atoms with Gasteiger partial charge in [0.15, 0.2) is 0 Å². The molecule has 0 radical (unpaired) electrons. The van der Waals surface area contributed by atoms with Crippen molar-refractivity contribution in [2.45, 2.75) is 25.9 Å². The van der Waals surface area contributed by atoms with Crippen LogP contribution in [-0.2, 0) is 11.3 Å². The number of fused-ring (bicyclic) bond motifs is 1. The van der Waals surface area contributed by atoms with Crippen molar-refractivity contribution in [1.29, 1.82) is 0 Å². The van der Waals surface area contributed by atoms with Crippen LogP contribution < -0.4 is 4.74 Å². The van der Waals surface area contributed by atoms with Gasteiger partial charge in [-0.3, -0.25) is 4.79 Å². The first kappa shape index (κ1) is 21.4. The Labute approximate surface area is 194 Å². The van der Waals surface area contributed by atoms with E-state index in [1.807, 2.05) is 59.5 Å². The molecule has 2 aliphatic rings. The van der Waals surface area contributed by atoms with Crippen molar-refractivity contribution in [2.75, 3.05) is 7.11 Å². The third-order valence-electron chi connectivity index (χ3n) is 7.09. The topological polar surface area (TPSA) is 29.5 Å². The molecule has 1 heterocycles. The molecule has 3 nitrogen and oxygen atoms in total. The summed E-state index contributed by atoms with van der Waals surface area (Å²) in [6.45, 7) is 2.71. The molecule has 168 valence electrons. The number of hydrogen-bond acceptors (Lipinski definition) is 2. The van der Waals surface area contributed by atoms with Gasteiger partial charge in [-0.25, -0.2) is 4.39 Å². The summed E-state index contributed by atoms with van der Waals surface area (Å²) in [5.74, 6) is 0.984. The lowest BCUT2D eigenvalue weighted by Gasteiger charge is -2.30. The van der Waals surface area contributed by atoms with E-state index in [0.717, 1.165) is 28.9 Å². The standard InChI is InChI=1S/C29H28FNO2/c1-19-7-6-10-24-27(19)29(32)31(18-20-8-4-3-5-9-20)28(24)22-13-16-26(30)25(17-22)21-11-14-23(33-2)15-12-21/h3-6,8-17,19,24,27-28H,7,18H2,1-2H3/t19-,24+,27+,28-/m0/s1. The number of halogens is 1. The molecule has 0 N–H and O–H groups in total. The maximum absolute atomic E-state index is 14.9. The van der Waals surface area contributed by atoms with Gasteiger partial charge < -0.3 is 9.64 Å². The molecule has 1 fully saturated rings. The van der Waals surface area contributed by atoms with Gasteiger partial charge in [-0.15, -0.1) is 0 Å². The summed E-state index contributed by atoms with van der Waals surface area (Å²) in [5.41, 5.74) is 3.40. The van der Waals surface area contributed by atoms with Crippen LogP contribution in [0.25, 0.3) is 11.1 Å². The van der Waals surface area contributed by atoms with Gasteiger partial charge in [0.1, 0.15) is 11.6 Å². The molecule has 0 aromatic heterocycles. The van der Waals surface area contributed by atoms with Crippen molar-refractivity contribution in [1.82, 2.24) is 4.90 Å². The fraction of sp³-hybridized carbons (Fsp3) is 0.276. The zero-order valence-corrected chi connectivity index (χ0v) is 18.9. The van der Waals surface area contributed by atoms with Crippen LogP contribution in [0.4, 0.5) is 4.39 Å². The highest BCUT2D eigenvalue weighted by atomic mass is 19.1. The largest absolute Gasteiger partial charge is 0.497 e. The molecule has 0 saturated carbocycles. The van der Waals surface area contributed by atoms with Crippen LogP contribution in [0.1, 0.15) is 30.5 Å². The van der Waals surface area contributed by atoms with Crippen LogP contribution in [0.2, 0.25) is 0 Å². The van der Waals surface area contributed by atoms with E-state index in [-0.39, 0.29) is 35.5 Å². The van der Waals surface area contributed by atoms with Crippen molar-refractivity contribution < 1.29 is 13.9 Å². The minimum absolute atomic E-state index is 0.0433. The quantitative estimate of drug-likeness (QED) is 0.428. The van der Waals surface area contributed by atoms with Crippen LogP contribution in [0, 0.1) is 23.6 Å². The van der Waals surface area contributed by atoms with Gasteiger partial charge in [0.25, 0.3) is 0 Å². The predicted octanol–water partition coefficient (Wildman–Crippen LogP) is 6.41. The van der Waals surface area contributed by atoms with Gasteiger partial charge in [0.05, 0.1) is 13.2 Å². The first-order valence-corrected chi connectivity index (χ1v) is 11.5. The highest BCUT2D eigenvalue weighted by Crippen LogP contribution is 2.49. The van der Waals surface area contributed by atoms with Crippen molar-refractivity contribution >= 4 is 5.91 Å². The number of rotatable bonds is 5. The molecule has 5 rings (SSSR count). The van der Waals surface area contributed by atoms with E-state index in [4.69, 9.17) is 4.74 Å². The normalized spacial score (nSPS) is 24.1. The lowest BCUT2D eigenvalue weighted by atomic mass is 9.75. The Morgan fingerprint density at radius 3 is 2.52 bits per heavy atom. The molecule has 0 unspecified atom stereocenters. The Morgan fingerprint density at radius 1 is 1.03 bits per heavy atom. The van der Waals surface area contributed by atoms with Gasteiger partial charge in [-0.05, 0) is 53.3 Å². The number of nitrogens with zero attached hydrogens (tertiary/aromatic N) is 1. The Balaban J connectivity index is 1.57. The van der Waals surface area contributed by atoms with Crippen molar-refractivity contribution in [3.8, 4) is 16.9 Å². The van der Waals surface area contributed by atoms with E-state index in [1.165, 1.54) is 6.07 Å². The van der Waals surface area contributed by atoms with E-state index in [1.54, 1.807) is 7.11 Å². The van der Waals surface area contributed by atoms with Gasteiger partial charge in [-0.1, -0.05) is 67.6 Å². The number of allylic oxidation sites excluding steroid dienone is 1. The number of methoxy groups -OCH3 is 1. The van der Waals surface area contributed by atoms with E-state index < -0.39 is 0 Å². The third-order valence-corrected chi connectivity index (χ3v) is 7.09. The smallest absolute Gasteiger partial charge is 0.227 e. The molecule has 1 aliphatic carbocycles. The van der Waals surface area contributed by atoms with Crippen LogP contribution in [0.15, 0.2) is 84.9 Å². The number of hydrogen-bond donors (Lipinski definition) is 0. The number of ether oxygens (including phenoxy) is 1. The van der Waals surface area contributed by atoms with Crippen molar-refractivity contribution in [3.05, 3.63) is 102 Å². The van der Waals surface area contributed by atoms with Crippen LogP contribution >= 0.6 is 0 Å². The molecular weight excluding hydrogens is 413 g/mol. The SMILES string of the molecule is COc1ccc(-c2cc([C@H]3[C@@H]4C=CC[C@H](C)[C@H]4C(=O)N3Cc3ccccc3)ccc2F)cc1. The Kier molecular flexibility index (Phi) is 5.76. The van der Waals surface area contributed by atoms with Crippen LogP contribution in [0.5, 0.6) is 5.75 Å². The molecule has 0 spiro atoms. The summed E-state index contributed by atoms with van der Waals surface area (Å²) in [6, 6.07) is 22.7. The van der Waals surface area contributed by atoms with E-state index >= 15 is 0 Å². The number of carbonyl (C=O) groups is 1. The molecule has 1 aliphatic heterocycles. The number of likely N-dealkylation sites (tertiary alicyclic amines) is 1. The number of benzene rings is 3. The van der Waals surface area contributed by atoms with Crippen molar-refractivity contribution in [3.63, 3.8) is 0 Å². The lowest BCUT2D eigenvalue weighted by Crippen LogP contribution is -2.30. The minimum Gasteiger partial charge on any atom is -0.497 e. The lowest BCUT2D eigenvalue weighted by molar-refractivity contribution is -0.134. The van der Waals surface area contributed by atoms with E-state index in [2.05, 4.69) is 31.2 Å². The zero-order valence-electron chi connectivity index (χ0n) is 18.9. The minimum atomic E-state index is -0.271. The average molecular weight is 442 g/mol. The molecule has 3 aromatic rings. The maximum atomic E-state index is 14.9. The summed E-state index contributed by atoms with van der Waals surface area (Å²) in [7, 11) is 1.61. The fourth-order valence-electron chi connectivity index (χ4n) is 5.42. The number of amides is 1. The van der Waals surface area contributed by atoms with Crippen LogP contribution in [-0.4, -0.2) is 17.9 Å². The Morgan fingerprint density at radius 2 is 1.79 bits per heavy atom. The summed E-state index contributed by atoms with van der Waals surface area (Å²) in [4.78, 5) is 15.6. The molecule has 4 heteroatoms. The molecule has 1 saturated heterocycles. The second-order valence-electron chi connectivity index (χ2n) is 9.11. The van der Waals surface area contributed by atoms with Crippen molar-refractivity contribution in [2.24, 2.45) is 17.8 Å². The predicted molar refractivity (Wildman–Crippen MR) is 128 cm³/mol. The maximum Gasteiger partial charge on any atom is 0.227 e. The highest BCUT2D eigenvalue weighted by Gasteiger charge is 2.50. The molecule has 1 amide bonds. The number of carbonyl (C=O) groups excluding carboxylic acids is 1. The Hall–Kier alpha value is -3.40. The monoisotopic (exact) mass is 441 g/mol. The zero-order chi connectivity index (χ0) is 22.9. The third kappa shape index (κ3) is 3.95. The molecule has 4 atom stereocenters. The second-order valence-corrected chi connectivity index (χ2v) is 9.11. The summed E-state index contributed by atoms with van der Waals surface area (Å²) >= 11 is 0.